The van der Waals surface area contributed by atoms with Gasteiger partial charge in [0.05, 0.1) is 18.6 Å². The summed E-state index contributed by atoms with van der Waals surface area (Å²) in [6.45, 7) is 2.56. The molecule has 1 saturated heterocycles. The normalized spacial score (nSPS) is 22.7. The van der Waals surface area contributed by atoms with Gasteiger partial charge in [0, 0.05) is 39.5 Å². The number of carboxylic acids is 1. The third-order valence-corrected chi connectivity index (χ3v) is 11.8. The van der Waals surface area contributed by atoms with E-state index in [-0.39, 0.29) is 24.6 Å². The molecule has 262 valence electrons. The fourth-order valence-corrected chi connectivity index (χ4v) is 9.24. The van der Waals surface area contributed by atoms with E-state index in [0.717, 1.165) is 29.7 Å². The Morgan fingerprint density at radius 1 is 1.08 bits per heavy atom. The van der Waals surface area contributed by atoms with Crippen LogP contribution in [-0.2, 0) is 35.9 Å². The minimum atomic E-state index is -1.24. The molecule has 3 atom stereocenters. The van der Waals surface area contributed by atoms with Gasteiger partial charge in [0.2, 0.25) is 5.91 Å². The van der Waals surface area contributed by atoms with Gasteiger partial charge in [-0.1, -0.05) is 31.6 Å². The Morgan fingerprint density at radius 3 is 2.55 bits per heavy atom. The highest BCUT2D eigenvalue weighted by molar-refractivity contribution is 8.00. The molecule has 1 aliphatic carbocycles. The van der Waals surface area contributed by atoms with Crippen LogP contribution in [0, 0.1) is 0 Å². The average molecular weight is 727 g/mol. The Kier molecular flexibility index (Phi) is 8.63. The van der Waals surface area contributed by atoms with Gasteiger partial charge in [0.15, 0.2) is 5.60 Å². The van der Waals surface area contributed by atoms with Crippen molar-refractivity contribution >= 4 is 46.9 Å². The van der Waals surface area contributed by atoms with Crippen LogP contribution in [0.2, 0.25) is 0 Å². The summed E-state index contributed by atoms with van der Waals surface area (Å²) in [5.74, 6) is -0.109. The molecule has 5 aliphatic rings. The number of nitrogens with one attached hydrogen (secondary N) is 1. The van der Waals surface area contributed by atoms with Crippen LogP contribution in [0.1, 0.15) is 48.6 Å². The van der Waals surface area contributed by atoms with Gasteiger partial charge < -0.3 is 29.4 Å². The number of esters is 1. The summed E-state index contributed by atoms with van der Waals surface area (Å²) >= 11 is 2.84. The maximum absolute atomic E-state index is 13.3. The molecule has 3 aromatic rings. The topological polar surface area (TPSA) is 141 Å². The number of ether oxygens (including phenoxy) is 4. The number of allylic oxidation sites excluding steroid dienone is 1. The second-order valence-electron chi connectivity index (χ2n) is 12.8. The van der Waals surface area contributed by atoms with E-state index in [2.05, 4.69) is 12.2 Å². The third kappa shape index (κ3) is 5.68. The van der Waals surface area contributed by atoms with E-state index in [1.807, 2.05) is 53.9 Å². The number of fused-ring (bicyclic) bond motifs is 6. The first-order chi connectivity index (χ1) is 24.8. The molecule has 5 heterocycles. The van der Waals surface area contributed by atoms with Crippen LogP contribution >= 0.6 is 23.1 Å². The molecule has 8 rings (SSSR count). The number of benzene rings is 2. The summed E-state index contributed by atoms with van der Waals surface area (Å²) in [6.07, 6.45) is 7.27. The Morgan fingerprint density at radius 2 is 1.84 bits per heavy atom. The number of β-lactam (4-membered cyclic amide) rings is 1. The second kappa shape index (κ2) is 13.3. The molecule has 11 nitrogen and oxygen atoms in total. The Hall–Kier alpha value is -5.01. The highest BCUT2D eigenvalue weighted by Crippen LogP contribution is 2.58. The van der Waals surface area contributed by atoms with Gasteiger partial charge in [-0.2, -0.15) is 0 Å². The van der Waals surface area contributed by atoms with Crippen LogP contribution in [0.3, 0.4) is 0 Å². The van der Waals surface area contributed by atoms with Crippen molar-refractivity contribution in [3.63, 3.8) is 0 Å². The predicted molar refractivity (Wildman–Crippen MR) is 189 cm³/mol. The number of hydrogen-bond acceptors (Lipinski definition) is 10. The van der Waals surface area contributed by atoms with E-state index in [1.165, 1.54) is 28.0 Å². The van der Waals surface area contributed by atoms with E-state index < -0.39 is 34.9 Å². The Labute approximate surface area is 301 Å². The van der Waals surface area contributed by atoms with Crippen molar-refractivity contribution in [1.82, 2.24) is 10.2 Å². The minimum absolute atomic E-state index is 0.0917. The zero-order valence-electron chi connectivity index (χ0n) is 27.6. The van der Waals surface area contributed by atoms with E-state index in [9.17, 15) is 24.3 Å². The molecule has 4 aliphatic heterocycles. The number of aliphatic carboxylic acids is 1. The van der Waals surface area contributed by atoms with Crippen molar-refractivity contribution in [1.29, 1.82) is 0 Å². The van der Waals surface area contributed by atoms with Gasteiger partial charge in [-0.25, -0.2) is 9.59 Å². The fourth-order valence-electron chi connectivity index (χ4n) is 7.21. The maximum Gasteiger partial charge on any atom is 0.352 e. The highest BCUT2D eigenvalue weighted by atomic mass is 32.2. The largest absolute Gasteiger partial charge is 0.493 e. The van der Waals surface area contributed by atoms with Gasteiger partial charge in [-0.15, -0.1) is 23.1 Å². The van der Waals surface area contributed by atoms with Gasteiger partial charge in [-0.05, 0) is 60.5 Å². The van der Waals surface area contributed by atoms with Crippen LogP contribution in [0.4, 0.5) is 0 Å². The van der Waals surface area contributed by atoms with Crippen molar-refractivity contribution in [3.05, 3.63) is 104 Å². The van der Waals surface area contributed by atoms with E-state index in [0.29, 0.717) is 64.1 Å². The number of carbonyl (C=O) groups is 4. The number of rotatable bonds is 11. The zero-order valence-corrected chi connectivity index (χ0v) is 29.3. The number of hydrogen-bond donors (Lipinski definition) is 2. The zero-order chi connectivity index (χ0) is 35.3. The fraction of sp³-hybridized carbons (Fsp3) is 0.316. The maximum atomic E-state index is 13.3. The summed E-state index contributed by atoms with van der Waals surface area (Å²) in [7, 11) is 0. The molecule has 3 unspecified atom stereocenters. The minimum Gasteiger partial charge on any atom is -0.493 e. The lowest BCUT2D eigenvalue weighted by Gasteiger charge is -2.49. The molecule has 1 fully saturated rings. The van der Waals surface area contributed by atoms with E-state index in [4.69, 9.17) is 18.9 Å². The monoisotopic (exact) mass is 726 g/mol. The number of unbranched alkanes of at least 4 members (excludes halogenated alkanes) is 1. The summed E-state index contributed by atoms with van der Waals surface area (Å²) in [6, 6.07) is 13.8. The molecule has 0 saturated carbocycles. The first-order valence-electron chi connectivity index (χ1n) is 16.9. The molecule has 2 amide bonds. The van der Waals surface area contributed by atoms with Crippen molar-refractivity contribution in [2.24, 2.45) is 0 Å². The number of carboxylic acid groups (broad SMARTS) is 1. The smallest absolute Gasteiger partial charge is 0.352 e. The number of carbonyl (C=O) groups excluding carboxylic acids is 3. The first-order valence-corrected chi connectivity index (χ1v) is 18.8. The predicted octanol–water partition coefficient (Wildman–Crippen LogP) is 5.84. The Bertz CT molecular complexity index is 2050. The molecular formula is C38H34N2O9S2. The number of thiophene rings is 1. The number of nitrogens with zero attached hydrogens (tertiary/aromatic N) is 1. The molecule has 1 aromatic heterocycles. The summed E-state index contributed by atoms with van der Waals surface area (Å²) < 4.78 is 24.9. The second-order valence-corrected chi connectivity index (χ2v) is 14.9. The standard InChI is InChI=1S/C38H34N2O9S2/c1-2-3-14-46-22-10-12-27-29(16-22)48-30-17-23(11-13-28(30)38(27)26-9-5-4-8-25(26)37(45)49-38)47-19-21-20-51-35-32(34(42)40(35)33(21)36(43)44)39-31(41)18-24-7-6-15-50-24/h4,6-8,10-13,15-17,32,35H,2-3,5,9,14,18-20H2,1H3,(H,39,41)(H,43,44). The van der Waals surface area contributed by atoms with Crippen LogP contribution < -0.4 is 19.5 Å². The highest BCUT2D eigenvalue weighted by Gasteiger charge is 2.56. The average Bonchev–Trinajstić information content (AvgIpc) is 3.75. The van der Waals surface area contributed by atoms with Gasteiger partial charge in [-0.3, -0.25) is 14.5 Å². The van der Waals surface area contributed by atoms with E-state index >= 15 is 0 Å². The molecular weight excluding hydrogens is 693 g/mol. The lowest BCUT2D eigenvalue weighted by molar-refractivity contribution is -0.150. The van der Waals surface area contributed by atoms with Crippen LogP contribution in [0.5, 0.6) is 23.0 Å². The lowest BCUT2D eigenvalue weighted by atomic mass is 9.74. The summed E-state index contributed by atoms with van der Waals surface area (Å²) in [5.41, 5.74) is 1.92. The molecule has 0 bridgehead atoms. The quantitative estimate of drug-likeness (QED) is 0.141. The summed E-state index contributed by atoms with van der Waals surface area (Å²) in [5, 5.41) is 14.3. The molecule has 0 radical (unpaired) electrons. The van der Waals surface area contributed by atoms with Crippen LogP contribution in [0.25, 0.3) is 0 Å². The van der Waals surface area contributed by atoms with Crippen molar-refractivity contribution in [2.45, 2.75) is 56.0 Å². The van der Waals surface area contributed by atoms with Crippen molar-refractivity contribution in [3.8, 4) is 23.0 Å². The van der Waals surface area contributed by atoms with Crippen LogP contribution in [0.15, 0.2) is 88.5 Å². The SMILES string of the molecule is CCCCOc1ccc2c(c1)Oc1cc(OCC3=C(C(=O)O)N4C(=O)C(NC(=O)Cc5cccs5)C4SC3)ccc1C21OC(=O)C2=C1CCC=C2. The van der Waals surface area contributed by atoms with Gasteiger partial charge in [0.25, 0.3) is 5.91 Å². The number of amides is 2. The lowest BCUT2D eigenvalue weighted by Crippen LogP contribution is -2.70. The van der Waals surface area contributed by atoms with Crippen LogP contribution in [-0.4, -0.2) is 64.1 Å². The molecule has 2 aromatic carbocycles. The molecule has 2 N–H and O–H groups in total. The molecule has 13 heteroatoms. The Balaban J connectivity index is 1.05. The molecule has 1 spiro atoms. The van der Waals surface area contributed by atoms with Crippen molar-refractivity contribution < 1.29 is 43.2 Å². The summed E-state index contributed by atoms with van der Waals surface area (Å²) in [4.78, 5) is 53.6. The number of thioether (sulfide) groups is 1. The third-order valence-electron chi connectivity index (χ3n) is 9.61. The van der Waals surface area contributed by atoms with Gasteiger partial charge in [0.1, 0.15) is 46.7 Å². The molecule has 51 heavy (non-hydrogen) atoms. The van der Waals surface area contributed by atoms with E-state index in [1.54, 1.807) is 12.1 Å². The first kappa shape index (κ1) is 33.2. The van der Waals surface area contributed by atoms with Gasteiger partial charge >= 0.3 is 11.9 Å². The van der Waals surface area contributed by atoms with Crippen molar-refractivity contribution in [2.75, 3.05) is 19.0 Å².